The Morgan fingerprint density at radius 3 is 2.69 bits per heavy atom. The smallest absolute Gasteiger partial charge is 0.226 e. The Hall–Kier alpha value is -2.27. The van der Waals surface area contributed by atoms with E-state index >= 15 is 0 Å². The second-order valence-corrected chi connectivity index (χ2v) is 9.51. The number of hydrogen-bond donors (Lipinski definition) is 0. The summed E-state index contributed by atoms with van der Waals surface area (Å²) in [6, 6.07) is 12.2. The molecule has 1 unspecified atom stereocenters. The van der Waals surface area contributed by atoms with Crippen molar-refractivity contribution in [2.75, 3.05) is 6.54 Å². The summed E-state index contributed by atoms with van der Waals surface area (Å²) in [7, 11) is 0. The molecule has 29 heavy (non-hydrogen) atoms. The van der Waals surface area contributed by atoms with Crippen LogP contribution in [0.15, 0.2) is 42.6 Å². The van der Waals surface area contributed by atoms with Crippen molar-refractivity contribution in [3.63, 3.8) is 0 Å². The van der Waals surface area contributed by atoms with Crippen molar-refractivity contribution >= 4 is 27.3 Å². The number of likely N-dealkylation sites (tertiary alicyclic amines) is 1. The van der Waals surface area contributed by atoms with Crippen LogP contribution in [0.2, 0.25) is 0 Å². The topological polar surface area (TPSA) is 33.2 Å². The Morgan fingerprint density at radius 2 is 1.86 bits per heavy atom. The van der Waals surface area contributed by atoms with Gasteiger partial charge < -0.3 is 4.90 Å². The summed E-state index contributed by atoms with van der Waals surface area (Å²) in [6.45, 7) is 0.927. The SMILES string of the molecule is O=C1C(Cc2cc3cc(-c4ccnc(F)c4)ccc3s2)CCN1C1CCCCC1. The van der Waals surface area contributed by atoms with Gasteiger partial charge in [-0.15, -0.1) is 11.3 Å². The molecule has 0 bridgehead atoms. The number of carbonyl (C=O) groups excluding carboxylic acids is 1. The number of hydrogen-bond acceptors (Lipinski definition) is 3. The molecule has 0 N–H and O–H groups in total. The number of nitrogens with zero attached hydrogens (tertiary/aromatic N) is 2. The van der Waals surface area contributed by atoms with Crippen LogP contribution in [0.5, 0.6) is 0 Å². The number of rotatable bonds is 4. The van der Waals surface area contributed by atoms with Gasteiger partial charge in [-0.3, -0.25) is 4.79 Å². The van der Waals surface area contributed by atoms with Crippen LogP contribution in [0.4, 0.5) is 4.39 Å². The van der Waals surface area contributed by atoms with Gasteiger partial charge in [-0.2, -0.15) is 4.39 Å². The number of pyridine rings is 1. The highest BCUT2D eigenvalue weighted by atomic mass is 32.1. The molecule has 1 atom stereocenters. The van der Waals surface area contributed by atoms with Crippen LogP contribution in [0.25, 0.3) is 21.2 Å². The first-order valence-electron chi connectivity index (χ1n) is 10.6. The molecule has 150 valence electrons. The van der Waals surface area contributed by atoms with Gasteiger partial charge in [0, 0.05) is 40.3 Å². The predicted octanol–water partition coefficient (Wildman–Crippen LogP) is 5.83. The van der Waals surface area contributed by atoms with Crippen molar-refractivity contribution in [3.8, 4) is 11.1 Å². The third kappa shape index (κ3) is 3.80. The van der Waals surface area contributed by atoms with Gasteiger partial charge in [0.05, 0.1) is 0 Å². The van der Waals surface area contributed by atoms with Gasteiger partial charge in [0.25, 0.3) is 0 Å². The van der Waals surface area contributed by atoms with Crippen molar-refractivity contribution in [1.82, 2.24) is 9.88 Å². The molecule has 1 aliphatic heterocycles. The summed E-state index contributed by atoms with van der Waals surface area (Å²) in [5.41, 5.74) is 1.82. The van der Waals surface area contributed by atoms with Crippen molar-refractivity contribution in [1.29, 1.82) is 0 Å². The number of amides is 1. The molecular formula is C24H25FN2OS. The van der Waals surface area contributed by atoms with E-state index < -0.39 is 5.95 Å². The number of benzene rings is 1. The maximum absolute atomic E-state index is 13.5. The predicted molar refractivity (Wildman–Crippen MR) is 115 cm³/mol. The standard InChI is InChI=1S/C24H25FN2OS/c25-23-15-17(8-10-26-23)16-6-7-22-19(12-16)14-21(29-22)13-18-9-11-27(24(18)28)20-4-2-1-3-5-20/h6-8,10,12,14-15,18,20H,1-5,9,11,13H2. The fourth-order valence-electron chi connectivity index (χ4n) is 4.91. The Kier molecular flexibility index (Phi) is 5.08. The molecule has 3 heterocycles. The molecule has 2 aliphatic rings. The zero-order valence-corrected chi connectivity index (χ0v) is 17.3. The summed E-state index contributed by atoms with van der Waals surface area (Å²) < 4.78 is 14.7. The number of fused-ring (bicyclic) bond motifs is 1. The highest BCUT2D eigenvalue weighted by molar-refractivity contribution is 7.19. The third-order valence-electron chi connectivity index (χ3n) is 6.44. The Balaban J connectivity index is 1.33. The first-order valence-corrected chi connectivity index (χ1v) is 11.4. The van der Waals surface area contributed by atoms with Crippen molar-refractivity contribution in [2.45, 2.75) is 51.0 Å². The zero-order chi connectivity index (χ0) is 19.8. The number of aromatic nitrogens is 1. The highest BCUT2D eigenvalue weighted by Crippen LogP contribution is 2.35. The second-order valence-electron chi connectivity index (χ2n) is 8.35. The molecule has 0 radical (unpaired) electrons. The molecule has 1 aromatic carbocycles. The summed E-state index contributed by atoms with van der Waals surface area (Å²) >= 11 is 1.77. The minimum absolute atomic E-state index is 0.124. The Bertz CT molecular complexity index is 1040. The average molecular weight is 409 g/mol. The fraction of sp³-hybridized carbons (Fsp3) is 0.417. The lowest BCUT2D eigenvalue weighted by Crippen LogP contribution is -2.39. The van der Waals surface area contributed by atoms with E-state index in [0.717, 1.165) is 35.9 Å². The summed E-state index contributed by atoms with van der Waals surface area (Å²) in [4.78, 5) is 20.1. The molecule has 3 aromatic rings. The molecule has 2 fully saturated rings. The van der Waals surface area contributed by atoms with Crippen LogP contribution < -0.4 is 0 Å². The fourth-order valence-corrected chi connectivity index (χ4v) is 6.04. The highest BCUT2D eigenvalue weighted by Gasteiger charge is 2.36. The van der Waals surface area contributed by atoms with Gasteiger partial charge in [0.15, 0.2) is 0 Å². The lowest BCUT2D eigenvalue weighted by Gasteiger charge is -2.31. The van der Waals surface area contributed by atoms with Crippen LogP contribution in [-0.2, 0) is 11.2 Å². The largest absolute Gasteiger partial charge is 0.339 e. The van der Waals surface area contributed by atoms with Crippen LogP contribution in [0.3, 0.4) is 0 Å². The van der Waals surface area contributed by atoms with E-state index in [0.29, 0.717) is 11.9 Å². The van der Waals surface area contributed by atoms with Crippen LogP contribution in [-0.4, -0.2) is 28.4 Å². The van der Waals surface area contributed by atoms with Gasteiger partial charge in [0.2, 0.25) is 11.9 Å². The molecule has 3 nitrogen and oxygen atoms in total. The maximum Gasteiger partial charge on any atom is 0.226 e. The van der Waals surface area contributed by atoms with Gasteiger partial charge in [-0.1, -0.05) is 25.3 Å². The second kappa shape index (κ2) is 7.86. The summed E-state index contributed by atoms with van der Waals surface area (Å²) in [5.74, 6) is 0.0249. The van der Waals surface area contributed by atoms with E-state index in [9.17, 15) is 9.18 Å². The van der Waals surface area contributed by atoms with Gasteiger partial charge in [0.1, 0.15) is 0 Å². The molecule has 5 heteroatoms. The zero-order valence-electron chi connectivity index (χ0n) is 16.4. The van der Waals surface area contributed by atoms with Crippen LogP contribution >= 0.6 is 11.3 Å². The van der Waals surface area contributed by atoms with E-state index in [2.05, 4.69) is 28.1 Å². The Morgan fingerprint density at radius 1 is 1.03 bits per heavy atom. The van der Waals surface area contributed by atoms with Crippen LogP contribution in [0.1, 0.15) is 43.4 Å². The van der Waals surface area contributed by atoms with Gasteiger partial charge in [-0.05, 0) is 66.5 Å². The van der Waals surface area contributed by atoms with E-state index in [1.165, 1.54) is 53.9 Å². The molecular weight excluding hydrogens is 383 g/mol. The monoisotopic (exact) mass is 408 g/mol. The lowest BCUT2D eigenvalue weighted by molar-refractivity contribution is -0.133. The molecule has 1 amide bonds. The van der Waals surface area contributed by atoms with Crippen molar-refractivity contribution < 1.29 is 9.18 Å². The first-order chi connectivity index (χ1) is 14.2. The first kappa shape index (κ1) is 18.7. The van der Waals surface area contributed by atoms with Crippen molar-refractivity contribution in [2.24, 2.45) is 5.92 Å². The maximum atomic E-state index is 13.5. The number of thiophene rings is 1. The summed E-state index contributed by atoms with van der Waals surface area (Å²) in [5, 5.41) is 1.16. The number of carbonyl (C=O) groups is 1. The minimum atomic E-state index is -0.462. The van der Waals surface area contributed by atoms with Crippen LogP contribution in [0, 0.1) is 11.9 Å². The Labute approximate surface area is 174 Å². The van der Waals surface area contributed by atoms with Gasteiger partial charge in [-0.25, -0.2) is 4.98 Å². The number of halogens is 1. The average Bonchev–Trinajstić information content (AvgIpc) is 3.31. The van der Waals surface area contributed by atoms with E-state index in [1.54, 1.807) is 11.3 Å². The molecule has 1 aliphatic carbocycles. The van der Waals surface area contributed by atoms with Gasteiger partial charge >= 0.3 is 0 Å². The molecule has 2 aromatic heterocycles. The molecule has 0 spiro atoms. The molecule has 1 saturated carbocycles. The van der Waals surface area contributed by atoms with Crippen molar-refractivity contribution in [3.05, 3.63) is 53.4 Å². The molecule has 5 rings (SSSR count). The quantitative estimate of drug-likeness (QED) is 0.509. The van der Waals surface area contributed by atoms with E-state index in [4.69, 9.17) is 0 Å². The van der Waals surface area contributed by atoms with E-state index in [1.807, 2.05) is 12.1 Å². The normalized spacial score (nSPS) is 20.7. The summed E-state index contributed by atoms with van der Waals surface area (Å²) in [6.07, 6.45) is 9.51. The minimum Gasteiger partial charge on any atom is -0.339 e. The molecule has 1 saturated heterocycles. The third-order valence-corrected chi connectivity index (χ3v) is 7.58. The lowest BCUT2D eigenvalue weighted by atomic mass is 9.94. The van der Waals surface area contributed by atoms with E-state index in [-0.39, 0.29) is 5.92 Å².